The van der Waals surface area contributed by atoms with Crippen molar-refractivity contribution in [1.29, 1.82) is 0 Å². The molecule has 0 spiro atoms. The molecule has 1 amide bonds. The van der Waals surface area contributed by atoms with E-state index in [-0.39, 0.29) is 39.9 Å². The van der Waals surface area contributed by atoms with Crippen molar-refractivity contribution in [3.8, 4) is 0 Å². The first-order valence-electron chi connectivity index (χ1n) is 10.4. The zero-order chi connectivity index (χ0) is 26.7. The number of carboxylic acid groups (broad SMARTS) is 1. The second-order valence-electron chi connectivity index (χ2n) is 7.57. The van der Waals surface area contributed by atoms with E-state index < -0.39 is 35.1 Å². The summed E-state index contributed by atoms with van der Waals surface area (Å²) in [6.07, 6.45) is -4.40. The summed E-state index contributed by atoms with van der Waals surface area (Å²) < 4.78 is 47.0. The molecule has 0 radical (unpaired) electrons. The van der Waals surface area contributed by atoms with E-state index in [2.05, 4.69) is 19.7 Å². The van der Waals surface area contributed by atoms with Crippen LogP contribution in [0.1, 0.15) is 31.8 Å². The van der Waals surface area contributed by atoms with E-state index in [0.29, 0.717) is 5.56 Å². The number of rotatable bonds is 4. The molecule has 0 aliphatic heterocycles. The predicted octanol–water partition coefficient (Wildman–Crippen LogP) is 3.89. The first-order valence-corrected chi connectivity index (χ1v) is 10.4. The number of aromatic carboxylic acids is 1. The summed E-state index contributed by atoms with van der Waals surface area (Å²) in [5.74, 6) is -2.89. The number of carboxylic acids is 1. The Bertz CT molecular complexity index is 1710. The van der Waals surface area contributed by atoms with Crippen molar-refractivity contribution in [2.24, 2.45) is 0 Å². The number of carbonyl (C=O) groups is 2. The van der Waals surface area contributed by atoms with E-state index in [1.807, 2.05) is 0 Å². The van der Waals surface area contributed by atoms with Crippen LogP contribution < -0.4 is 16.8 Å². The highest BCUT2D eigenvalue weighted by molar-refractivity contribution is 6.04. The minimum Gasteiger partial charge on any atom is -0.478 e. The standard InChI is InChI=1S/C16H11F3N2O3.C8H5NO4/c17-16(18,19)10-6-4-9(5-7-10)8-20-14(22)11-2-1-3-12-13(11)21-15(23)24-12;10-7(11)4-2-1-3-5-6(4)9-8(12)13-5/h1-7H,8H2,(H,20,22)(H,21,23);1-3H,(H,9,12)(H,10,11). The molecule has 2 aromatic heterocycles. The maximum absolute atomic E-state index is 12.5. The average molecular weight is 515 g/mol. The molecule has 13 heteroatoms. The van der Waals surface area contributed by atoms with E-state index in [0.717, 1.165) is 12.1 Å². The lowest BCUT2D eigenvalue weighted by molar-refractivity contribution is -0.137. The lowest BCUT2D eigenvalue weighted by Gasteiger charge is -2.09. The summed E-state index contributed by atoms with van der Waals surface area (Å²) >= 11 is 0. The summed E-state index contributed by atoms with van der Waals surface area (Å²) in [6, 6.07) is 13.6. The number of hydrogen-bond acceptors (Lipinski definition) is 6. The summed E-state index contributed by atoms with van der Waals surface area (Å²) in [5, 5.41) is 11.3. The number of amides is 1. The van der Waals surface area contributed by atoms with Crippen LogP contribution in [0, 0.1) is 0 Å². The summed E-state index contributed by atoms with van der Waals surface area (Å²) in [7, 11) is 0. The number of H-pyrrole nitrogens is 2. The molecule has 37 heavy (non-hydrogen) atoms. The van der Waals surface area contributed by atoms with Crippen molar-refractivity contribution in [3.63, 3.8) is 0 Å². The quantitative estimate of drug-likeness (QED) is 0.283. The molecule has 0 aliphatic carbocycles. The van der Waals surface area contributed by atoms with Crippen molar-refractivity contribution in [3.05, 3.63) is 104 Å². The summed E-state index contributed by atoms with van der Waals surface area (Å²) in [4.78, 5) is 49.6. The van der Waals surface area contributed by atoms with Crippen LogP contribution in [-0.4, -0.2) is 27.0 Å². The Labute approximate surface area is 203 Å². The summed E-state index contributed by atoms with van der Waals surface area (Å²) in [6.45, 7) is 0.0510. The van der Waals surface area contributed by atoms with Crippen LogP contribution in [-0.2, 0) is 12.7 Å². The van der Waals surface area contributed by atoms with Crippen molar-refractivity contribution in [1.82, 2.24) is 15.3 Å². The molecule has 0 atom stereocenters. The molecule has 2 heterocycles. The minimum atomic E-state index is -4.40. The van der Waals surface area contributed by atoms with Crippen LogP contribution in [0.4, 0.5) is 13.2 Å². The number of hydrogen-bond donors (Lipinski definition) is 4. The molecule has 190 valence electrons. The normalized spacial score (nSPS) is 11.2. The Hall–Kier alpha value is -5.07. The van der Waals surface area contributed by atoms with Crippen LogP contribution in [0.15, 0.2) is 79.1 Å². The van der Waals surface area contributed by atoms with Gasteiger partial charge < -0.3 is 19.3 Å². The molecule has 0 saturated heterocycles. The van der Waals surface area contributed by atoms with Crippen LogP contribution in [0.25, 0.3) is 22.2 Å². The Morgan fingerprint density at radius 2 is 1.32 bits per heavy atom. The Morgan fingerprint density at radius 3 is 1.84 bits per heavy atom. The largest absolute Gasteiger partial charge is 0.478 e. The van der Waals surface area contributed by atoms with Gasteiger partial charge in [-0.05, 0) is 42.0 Å². The monoisotopic (exact) mass is 515 g/mol. The van der Waals surface area contributed by atoms with E-state index in [4.69, 9.17) is 9.52 Å². The number of nitrogens with one attached hydrogen (secondary N) is 3. The number of oxazole rings is 2. The predicted molar refractivity (Wildman–Crippen MR) is 123 cm³/mol. The third-order valence-electron chi connectivity index (χ3n) is 5.12. The highest BCUT2D eigenvalue weighted by Crippen LogP contribution is 2.29. The molecule has 0 fully saturated rings. The van der Waals surface area contributed by atoms with Crippen LogP contribution in [0.3, 0.4) is 0 Å². The average Bonchev–Trinajstić information content (AvgIpc) is 3.42. The van der Waals surface area contributed by atoms with Gasteiger partial charge in [-0.3, -0.25) is 14.8 Å². The fraction of sp³-hybridized carbons (Fsp3) is 0.0833. The molecule has 0 unspecified atom stereocenters. The summed E-state index contributed by atoms with van der Waals surface area (Å²) in [5.41, 5.74) is 1.01. The maximum atomic E-state index is 12.5. The van der Waals surface area contributed by atoms with Crippen LogP contribution in [0.5, 0.6) is 0 Å². The van der Waals surface area contributed by atoms with Gasteiger partial charge in [0.1, 0.15) is 5.52 Å². The third-order valence-corrected chi connectivity index (χ3v) is 5.12. The topological polar surface area (TPSA) is 158 Å². The first-order chi connectivity index (χ1) is 17.5. The Balaban J connectivity index is 0.000000207. The maximum Gasteiger partial charge on any atom is 0.417 e. The van der Waals surface area contributed by atoms with Crippen LogP contribution in [0.2, 0.25) is 0 Å². The first kappa shape index (κ1) is 25.0. The molecule has 0 aliphatic rings. The minimum absolute atomic E-state index is 0.0309. The highest BCUT2D eigenvalue weighted by Gasteiger charge is 2.29. The van der Waals surface area contributed by atoms with Gasteiger partial charge in [-0.1, -0.05) is 24.3 Å². The SMILES string of the molecule is O=C(NCc1ccc(C(F)(F)F)cc1)c1cccc2oc(=O)[nH]c12.O=C(O)c1cccc2oc(=O)[nH]c12. The fourth-order valence-electron chi connectivity index (χ4n) is 3.40. The van der Waals surface area contributed by atoms with Gasteiger partial charge in [-0.25, -0.2) is 14.4 Å². The molecule has 0 saturated carbocycles. The highest BCUT2D eigenvalue weighted by atomic mass is 19.4. The molecule has 4 N–H and O–H groups in total. The van der Waals surface area contributed by atoms with Gasteiger partial charge in [0.15, 0.2) is 11.2 Å². The van der Waals surface area contributed by atoms with Gasteiger partial charge in [-0.15, -0.1) is 0 Å². The van der Waals surface area contributed by atoms with Gasteiger partial charge in [-0.2, -0.15) is 13.2 Å². The van der Waals surface area contributed by atoms with E-state index in [1.165, 1.54) is 36.4 Å². The molecule has 3 aromatic carbocycles. The van der Waals surface area contributed by atoms with Gasteiger partial charge in [0.25, 0.3) is 5.91 Å². The van der Waals surface area contributed by atoms with Gasteiger partial charge in [0.05, 0.1) is 22.2 Å². The lowest BCUT2D eigenvalue weighted by Crippen LogP contribution is -2.23. The number of carbonyl (C=O) groups excluding carboxylic acids is 1. The molecule has 5 rings (SSSR count). The molecular weight excluding hydrogens is 499 g/mol. The molecule has 5 aromatic rings. The molecule has 10 nitrogen and oxygen atoms in total. The second-order valence-corrected chi connectivity index (χ2v) is 7.57. The van der Waals surface area contributed by atoms with Gasteiger partial charge >= 0.3 is 23.7 Å². The van der Waals surface area contributed by atoms with Gasteiger partial charge in [0, 0.05) is 6.54 Å². The molecular formula is C24H16F3N3O7. The molecule has 0 bridgehead atoms. The number of benzene rings is 3. The van der Waals surface area contributed by atoms with E-state index in [9.17, 15) is 32.3 Å². The third kappa shape index (κ3) is 5.61. The zero-order valence-corrected chi connectivity index (χ0v) is 18.5. The van der Waals surface area contributed by atoms with Crippen molar-refractivity contribution < 1.29 is 36.7 Å². The number of para-hydroxylation sites is 2. The van der Waals surface area contributed by atoms with Crippen molar-refractivity contribution >= 4 is 34.1 Å². The lowest BCUT2D eigenvalue weighted by atomic mass is 10.1. The van der Waals surface area contributed by atoms with Crippen LogP contribution >= 0.6 is 0 Å². The Morgan fingerprint density at radius 1 is 0.811 bits per heavy atom. The number of aromatic nitrogens is 2. The number of aromatic amines is 2. The number of fused-ring (bicyclic) bond motifs is 2. The fourth-order valence-corrected chi connectivity index (χ4v) is 3.40. The van der Waals surface area contributed by atoms with Gasteiger partial charge in [0.2, 0.25) is 0 Å². The number of alkyl halides is 3. The number of halogens is 3. The zero-order valence-electron chi connectivity index (χ0n) is 18.5. The Kier molecular flexibility index (Phi) is 6.69. The smallest absolute Gasteiger partial charge is 0.417 e. The van der Waals surface area contributed by atoms with Crippen molar-refractivity contribution in [2.75, 3.05) is 0 Å². The van der Waals surface area contributed by atoms with E-state index in [1.54, 1.807) is 12.1 Å². The van der Waals surface area contributed by atoms with E-state index >= 15 is 0 Å². The second kappa shape index (κ2) is 9.89. The van der Waals surface area contributed by atoms with Crippen molar-refractivity contribution in [2.45, 2.75) is 12.7 Å².